The molecule has 5 nitrogen and oxygen atoms in total. The molecule has 0 saturated carbocycles. The molecule has 1 heterocycles. The molecule has 0 aromatic rings. The highest BCUT2D eigenvalue weighted by molar-refractivity contribution is 6.04. The van der Waals surface area contributed by atoms with Crippen molar-refractivity contribution in [3.8, 4) is 0 Å². The molecule has 0 unspecified atom stereocenters. The summed E-state index contributed by atoms with van der Waals surface area (Å²) < 4.78 is 0. The molecule has 0 fully saturated rings. The molecule has 0 saturated heterocycles. The maximum absolute atomic E-state index is 10.3. The van der Waals surface area contributed by atoms with Gasteiger partial charge >= 0.3 is 6.03 Å². The minimum atomic E-state index is -0.810. The van der Waals surface area contributed by atoms with Crippen LogP contribution in [0.2, 0.25) is 0 Å². The molecular formula is C4H3N2O3. The molecule has 47 valence electrons. The molecule has 1 rings (SSSR count). The first-order valence-corrected chi connectivity index (χ1v) is 2.15. The van der Waals surface area contributed by atoms with E-state index in [4.69, 9.17) is 5.11 Å². The van der Waals surface area contributed by atoms with Gasteiger partial charge in [0.05, 0.1) is 6.20 Å². The van der Waals surface area contributed by atoms with E-state index in [9.17, 15) is 9.59 Å². The lowest BCUT2D eigenvalue weighted by Gasteiger charge is -2.05. The number of carbonyl (C=O) groups is 2. The van der Waals surface area contributed by atoms with E-state index in [1.807, 2.05) is 0 Å². The van der Waals surface area contributed by atoms with Crippen LogP contribution in [0.15, 0.2) is 12.0 Å². The average molecular weight is 127 g/mol. The number of aliphatic hydroxyl groups is 1. The van der Waals surface area contributed by atoms with Crippen LogP contribution in [-0.2, 0) is 4.79 Å². The summed E-state index contributed by atoms with van der Waals surface area (Å²) in [6.45, 7) is 0. The van der Waals surface area contributed by atoms with Gasteiger partial charge in [0.25, 0.3) is 5.91 Å². The van der Waals surface area contributed by atoms with Gasteiger partial charge in [-0.2, -0.15) is 5.32 Å². The summed E-state index contributed by atoms with van der Waals surface area (Å²) in [6, 6.07) is -0.752. The number of carbonyl (C=O) groups excluding carboxylic acids is 2. The molecule has 3 amide bonds. The Bertz CT molecular complexity index is 196. The fourth-order valence-corrected chi connectivity index (χ4v) is 0.372. The van der Waals surface area contributed by atoms with E-state index in [2.05, 4.69) is 5.32 Å². The summed E-state index contributed by atoms with van der Waals surface area (Å²) in [7, 11) is 0. The summed E-state index contributed by atoms with van der Waals surface area (Å²) in [6.07, 6.45) is 0.807. The number of nitrogens with one attached hydrogen (secondary N) is 1. The Hall–Kier alpha value is -1.52. The Balaban J connectivity index is 2.79. The Kier molecular flexibility index (Phi) is 1.11. The maximum atomic E-state index is 10.3. The quantitative estimate of drug-likeness (QED) is 0.448. The van der Waals surface area contributed by atoms with Crippen LogP contribution in [0.4, 0.5) is 4.79 Å². The van der Waals surface area contributed by atoms with Crippen LogP contribution in [-0.4, -0.2) is 17.0 Å². The van der Waals surface area contributed by atoms with Crippen molar-refractivity contribution < 1.29 is 14.7 Å². The van der Waals surface area contributed by atoms with Crippen molar-refractivity contribution in [1.82, 2.24) is 10.6 Å². The molecule has 1 aliphatic heterocycles. The second-order valence-electron chi connectivity index (χ2n) is 1.40. The van der Waals surface area contributed by atoms with Crippen LogP contribution >= 0.6 is 0 Å². The smallest absolute Gasteiger partial charge is 0.348 e. The summed E-state index contributed by atoms with van der Waals surface area (Å²) >= 11 is 0. The third kappa shape index (κ3) is 0.987. The maximum Gasteiger partial charge on any atom is 0.348 e. The third-order valence-electron chi connectivity index (χ3n) is 0.757. The monoisotopic (exact) mass is 127 g/mol. The molecule has 0 bridgehead atoms. The number of hydrogen-bond donors (Lipinski definition) is 2. The van der Waals surface area contributed by atoms with Gasteiger partial charge in [-0.05, 0) is 0 Å². The van der Waals surface area contributed by atoms with Gasteiger partial charge in [0, 0.05) is 0 Å². The number of amides is 3. The van der Waals surface area contributed by atoms with Crippen LogP contribution < -0.4 is 10.6 Å². The Morgan fingerprint density at radius 3 is 2.67 bits per heavy atom. The molecule has 0 aromatic heterocycles. The van der Waals surface area contributed by atoms with E-state index in [-0.39, 0.29) is 0 Å². The van der Waals surface area contributed by atoms with Crippen LogP contribution in [0.1, 0.15) is 0 Å². The fraction of sp³-hybridized carbons (Fsp3) is 0. The molecule has 2 N–H and O–H groups in total. The van der Waals surface area contributed by atoms with Gasteiger partial charge in [0.2, 0.25) is 0 Å². The number of rotatable bonds is 0. The minimum Gasteiger partial charge on any atom is -0.502 e. The molecule has 0 atom stereocenters. The number of imide groups is 1. The van der Waals surface area contributed by atoms with Gasteiger partial charge in [0.15, 0.2) is 5.76 Å². The molecular weight excluding hydrogens is 124 g/mol. The summed E-state index contributed by atoms with van der Waals surface area (Å²) in [5.74, 6) is -1.36. The molecule has 0 spiro atoms. The highest BCUT2D eigenvalue weighted by Gasteiger charge is 2.17. The number of aliphatic hydroxyl groups excluding tert-OH is 1. The van der Waals surface area contributed by atoms with Crippen LogP contribution in [0.25, 0.3) is 0 Å². The number of urea groups is 1. The molecule has 1 aliphatic rings. The summed E-state index contributed by atoms with van der Waals surface area (Å²) in [5.41, 5.74) is 0. The van der Waals surface area contributed by atoms with Crippen molar-refractivity contribution in [1.29, 1.82) is 0 Å². The highest BCUT2D eigenvalue weighted by atomic mass is 16.3. The lowest BCUT2D eigenvalue weighted by molar-refractivity contribution is -0.119. The first kappa shape index (κ1) is 5.61. The van der Waals surface area contributed by atoms with Crippen molar-refractivity contribution in [3.63, 3.8) is 0 Å². The van der Waals surface area contributed by atoms with Gasteiger partial charge in [-0.1, -0.05) is 0 Å². The average Bonchev–Trinajstić information content (AvgIpc) is 1.80. The SMILES string of the molecule is O=C1[N]C=C(O)C(=O)N1. The van der Waals surface area contributed by atoms with Crippen molar-refractivity contribution in [2.75, 3.05) is 0 Å². The van der Waals surface area contributed by atoms with Crippen LogP contribution in [0.3, 0.4) is 0 Å². The normalized spacial score (nSPS) is 18.0. The zero-order chi connectivity index (χ0) is 6.85. The lowest BCUT2D eigenvalue weighted by atomic mass is 10.4. The molecule has 0 aromatic carbocycles. The van der Waals surface area contributed by atoms with Crippen molar-refractivity contribution in [2.24, 2.45) is 0 Å². The largest absolute Gasteiger partial charge is 0.502 e. The molecule has 0 aliphatic carbocycles. The van der Waals surface area contributed by atoms with Crippen molar-refractivity contribution >= 4 is 11.9 Å². The van der Waals surface area contributed by atoms with E-state index in [1.54, 1.807) is 5.32 Å². The van der Waals surface area contributed by atoms with Gasteiger partial charge in [-0.25, -0.2) is 4.79 Å². The molecule has 1 radical (unpaired) electrons. The predicted molar refractivity (Wildman–Crippen MR) is 26.4 cm³/mol. The van der Waals surface area contributed by atoms with Gasteiger partial charge < -0.3 is 5.11 Å². The Morgan fingerprint density at radius 2 is 2.22 bits per heavy atom. The van der Waals surface area contributed by atoms with E-state index in [0.717, 1.165) is 6.20 Å². The zero-order valence-corrected chi connectivity index (χ0v) is 4.29. The van der Waals surface area contributed by atoms with Gasteiger partial charge in [0.1, 0.15) is 0 Å². The second-order valence-corrected chi connectivity index (χ2v) is 1.40. The van der Waals surface area contributed by atoms with Crippen LogP contribution in [0.5, 0.6) is 0 Å². The zero-order valence-electron chi connectivity index (χ0n) is 4.29. The molecule has 9 heavy (non-hydrogen) atoms. The molecule has 5 heteroatoms. The van der Waals surface area contributed by atoms with E-state index < -0.39 is 17.7 Å². The number of hydrogen-bond acceptors (Lipinski definition) is 3. The fourth-order valence-electron chi connectivity index (χ4n) is 0.372. The first-order chi connectivity index (χ1) is 4.20. The van der Waals surface area contributed by atoms with E-state index >= 15 is 0 Å². The van der Waals surface area contributed by atoms with Gasteiger partial charge in [-0.15, -0.1) is 0 Å². The first-order valence-electron chi connectivity index (χ1n) is 2.15. The minimum absolute atomic E-state index is 0.547. The Labute approximate surface area is 50.4 Å². The Morgan fingerprint density at radius 1 is 1.56 bits per heavy atom. The predicted octanol–water partition coefficient (Wildman–Crippen LogP) is -0.760. The summed E-state index contributed by atoms with van der Waals surface area (Å²) in [5, 5.41) is 13.3. The number of nitrogens with zero attached hydrogens (tertiary/aromatic N) is 1. The highest BCUT2D eigenvalue weighted by Crippen LogP contribution is 1.91. The lowest BCUT2D eigenvalue weighted by Crippen LogP contribution is -2.39. The third-order valence-corrected chi connectivity index (χ3v) is 0.757. The van der Waals surface area contributed by atoms with E-state index in [0.29, 0.717) is 0 Å². The van der Waals surface area contributed by atoms with Crippen LogP contribution in [0, 0.1) is 0 Å². The van der Waals surface area contributed by atoms with Crippen molar-refractivity contribution in [3.05, 3.63) is 12.0 Å². The van der Waals surface area contributed by atoms with Gasteiger partial charge in [-0.3, -0.25) is 10.1 Å². The van der Waals surface area contributed by atoms with E-state index in [1.165, 1.54) is 0 Å². The second kappa shape index (κ2) is 1.77. The summed E-state index contributed by atoms with van der Waals surface area (Å²) in [4.78, 5) is 20.5. The standard InChI is InChI=1S/C4H3N2O3/c7-2-1-5-4(9)6-3(2)8/h1,7H,(H,6,8,9). The topological polar surface area (TPSA) is 80.5 Å². The van der Waals surface area contributed by atoms with Crippen molar-refractivity contribution in [2.45, 2.75) is 0 Å².